The number of aromatic nitrogens is 3. The minimum Gasteiger partial charge on any atom is -0.460 e. The van der Waals surface area contributed by atoms with Crippen molar-refractivity contribution in [2.75, 3.05) is 11.9 Å². The molecule has 2 aromatic heterocycles. The summed E-state index contributed by atoms with van der Waals surface area (Å²) in [5.74, 6) is -0.235. The Morgan fingerprint density at radius 2 is 1.92 bits per heavy atom. The van der Waals surface area contributed by atoms with Crippen LogP contribution in [0.5, 0.6) is 0 Å². The smallest absolute Gasteiger partial charge is 0.354 e. The fourth-order valence-electron chi connectivity index (χ4n) is 3.94. The van der Waals surface area contributed by atoms with E-state index in [2.05, 4.69) is 29.1 Å². The topological polar surface area (TPSA) is 109 Å². The molecule has 1 atom stereocenters. The van der Waals surface area contributed by atoms with Gasteiger partial charge in [0.2, 0.25) is 5.91 Å². The van der Waals surface area contributed by atoms with Crippen LogP contribution < -0.4 is 5.32 Å². The van der Waals surface area contributed by atoms with E-state index in [1.54, 1.807) is 18.3 Å². The number of unbranched alkanes of at least 4 members (excludes halogenated alkanes) is 2. The summed E-state index contributed by atoms with van der Waals surface area (Å²) in [5.41, 5.74) is 2.63. The number of carbonyl (C=O) groups is 2. The van der Waals surface area contributed by atoms with E-state index in [4.69, 9.17) is 16.3 Å². The van der Waals surface area contributed by atoms with E-state index in [0.29, 0.717) is 35.2 Å². The number of nitrogens with one attached hydrogen (secondary N) is 2. The summed E-state index contributed by atoms with van der Waals surface area (Å²) >= 11 is 6.25. The van der Waals surface area contributed by atoms with Gasteiger partial charge in [0.25, 0.3) is 0 Å². The molecule has 3 aromatic rings. The Morgan fingerprint density at radius 1 is 1.17 bits per heavy atom. The number of aryl methyl sites for hydroxylation is 1. The molecule has 0 bridgehead atoms. The lowest BCUT2D eigenvalue weighted by atomic mass is 10.0. The number of H-pyrrole nitrogens is 1. The molecule has 1 unspecified atom stereocenters. The summed E-state index contributed by atoms with van der Waals surface area (Å²) in [6.45, 7) is 4.54. The highest BCUT2D eigenvalue weighted by molar-refractivity contribution is 6.30. The SMILES string of the molecule is CCCCc1nc(Cl)c(CO)n1Cc1ccc(NC(=O)C(CCCC)COC(=O)c2ccc[nH]2)cc1. The molecule has 0 aliphatic rings. The number of carbonyl (C=O) groups excluding carboxylic acids is 2. The summed E-state index contributed by atoms with van der Waals surface area (Å²) in [5, 5.41) is 13.1. The maximum atomic E-state index is 13.0. The van der Waals surface area contributed by atoms with Crippen LogP contribution in [-0.4, -0.2) is 38.1 Å². The second-order valence-corrected chi connectivity index (χ2v) is 9.18. The van der Waals surface area contributed by atoms with E-state index in [1.165, 1.54) is 0 Å². The maximum absolute atomic E-state index is 13.0. The molecule has 3 N–H and O–H groups in total. The van der Waals surface area contributed by atoms with E-state index in [9.17, 15) is 14.7 Å². The van der Waals surface area contributed by atoms with Crippen molar-refractivity contribution in [1.29, 1.82) is 0 Å². The molecular formula is C27H35ClN4O4. The standard InChI is InChI=1S/C27H35ClN4O4/c1-3-5-8-20(18-36-27(35)22-9-7-15-29-22)26(34)30-21-13-11-19(12-14-21)16-32-23(17-33)25(28)31-24(32)10-6-4-2/h7,9,11-15,20,29,33H,3-6,8,10,16-18H2,1-2H3,(H,30,34). The Morgan fingerprint density at radius 3 is 2.56 bits per heavy atom. The van der Waals surface area contributed by atoms with Crippen molar-refractivity contribution in [2.45, 2.75) is 65.5 Å². The molecule has 9 heteroatoms. The van der Waals surface area contributed by atoms with E-state index < -0.39 is 11.9 Å². The van der Waals surface area contributed by atoms with Crippen LogP contribution >= 0.6 is 11.6 Å². The minimum absolute atomic E-state index is 0.0215. The van der Waals surface area contributed by atoms with Crippen LogP contribution in [0, 0.1) is 5.92 Å². The van der Waals surface area contributed by atoms with Crippen LogP contribution in [-0.2, 0) is 29.1 Å². The molecule has 0 spiro atoms. The number of anilines is 1. The summed E-state index contributed by atoms with van der Waals surface area (Å²) < 4.78 is 7.35. The minimum atomic E-state index is -0.473. The molecule has 0 radical (unpaired) electrons. The molecule has 2 heterocycles. The molecule has 3 rings (SSSR count). The number of aliphatic hydroxyl groups is 1. The fraction of sp³-hybridized carbons (Fsp3) is 0.444. The number of ether oxygens (including phenoxy) is 1. The van der Waals surface area contributed by atoms with E-state index in [1.807, 2.05) is 28.8 Å². The van der Waals surface area contributed by atoms with Gasteiger partial charge in [0, 0.05) is 24.8 Å². The Balaban J connectivity index is 1.64. The number of aliphatic hydroxyl groups excluding tert-OH is 1. The number of nitrogens with zero attached hydrogens (tertiary/aromatic N) is 2. The highest BCUT2D eigenvalue weighted by atomic mass is 35.5. The first-order chi connectivity index (χ1) is 17.5. The second-order valence-electron chi connectivity index (χ2n) is 8.82. The predicted octanol–water partition coefficient (Wildman–Crippen LogP) is 5.35. The van der Waals surface area contributed by atoms with Gasteiger partial charge in [-0.1, -0.05) is 56.8 Å². The van der Waals surface area contributed by atoms with Gasteiger partial charge in [-0.25, -0.2) is 9.78 Å². The van der Waals surface area contributed by atoms with Crippen LogP contribution in [0.15, 0.2) is 42.6 Å². The molecule has 36 heavy (non-hydrogen) atoms. The van der Waals surface area contributed by atoms with Crippen LogP contribution in [0.1, 0.15) is 73.5 Å². The fourth-order valence-corrected chi connectivity index (χ4v) is 4.20. The van der Waals surface area contributed by atoms with Gasteiger partial charge in [-0.2, -0.15) is 0 Å². The number of esters is 1. The van der Waals surface area contributed by atoms with Crippen LogP contribution in [0.3, 0.4) is 0 Å². The number of benzene rings is 1. The molecular weight excluding hydrogens is 480 g/mol. The molecule has 8 nitrogen and oxygen atoms in total. The van der Waals surface area contributed by atoms with Crippen molar-refractivity contribution >= 4 is 29.2 Å². The number of halogens is 1. The summed E-state index contributed by atoms with van der Waals surface area (Å²) in [6.07, 6.45) is 6.90. The van der Waals surface area contributed by atoms with Crippen molar-refractivity contribution in [2.24, 2.45) is 5.92 Å². The van der Waals surface area contributed by atoms with Gasteiger partial charge in [-0.05, 0) is 42.7 Å². The van der Waals surface area contributed by atoms with Crippen molar-refractivity contribution < 1.29 is 19.4 Å². The lowest BCUT2D eigenvalue weighted by molar-refractivity contribution is -0.121. The molecule has 0 saturated carbocycles. The number of imidazole rings is 1. The number of rotatable bonds is 14. The van der Waals surface area contributed by atoms with Gasteiger partial charge in [0.15, 0.2) is 5.15 Å². The van der Waals surface area contributed by atoms with E-state index >= 15 is 0 Å². The molecule has 1 amide bonds. The van der Waals surface area contributed by atoms with E-state index in [-0.39, 0.29) is 19.1 Å². The van der Waals surface area contributed by atoms with Crippen LogP contribution in [0.4, 0.5) is 5.69 Å². The number of hydrogen-bond acceptors (Lipinski definition) is 5. The van der Waals surface area contributed by atoms with Crippen molar-refractivity contribution in [3.8, 4) is 0 Å². The molecule has 194 valence electrons. The van der Waals surface area contributed by atoms with Gasteiger partial charge >= 0.3 is 5.97 Å². The van der Waals surface area contributed by atoms with Crippen molar-refractivity contribution in [3.05, 3.63) is 70.5 Å². The first kappa shape index (κ1) is 27.5. The average molecular weight is 515 g/mol. The maximum Gasteiger partial charge on any atom is 0.354 e. The quantitative estimate of drug-likeness (QED) is 0.251. The Labute approximate surface area is 217 Å². The highest BCUT2D eigenvalue weighted by Gasteiger charge is 2.21. The van der Waals surface area contributed by atoms with E-state index in [0.717, 1.165) is 43.5 Å². The summed E-state index contributed by atoms with van der Waals surface area (Å²) in [7, 11) is 0. The average Bonchev–Trinajstić information content (AvgIpc) is 3.52. The zero-order valence-corrected chi connectivity index (χ0v) is 21.7. The molecule has 0 fully saturated rings. The van der Waals surface area contributed by atoms with Crippen molar-refractivity contribution in [3.63, 3.8) is 0 Å². The lowest BCUT2D eigenvalue weighted by Crippen LogP contribution is -2.28. The summed E-state index contributed by atoms with van der Waals surface area (Å²) in [4.78, 5) is 32.4. The van der Waals surface area contributed by atoms with Gasteiger partial charge < -0.3 is 24.7 Å². The highest BCUT2D eigenvalue weighted by Crippen LogP contribution is 2.22. The van der Waals surface area contributed by atoms with Crippen LogP contribution in [0.2, 0.25) is 5.15 Å². The first-order valence-corrected chi connectivity index (χ1v) is 12.9. The lowest BCUT2D eigenvalue weighted by Gasteiger charge is -2.17. The zero-order chi connectivity index (χ0) is 25.9. The first-order valence-electron chi connectivity index (χ1n) is 12.5. The third-order valence-corrected chi connectivity index (χ3v) is 6.38. The molecule has 0 saturated heterocycles. The Hall–Kier alpha value is -3.10. The van der Waals surface area contributed by atoms with Gasteiger partial charge in [-0.3, -0.25) is 4.79 Å². The van der Waals surface area contributed by atoms with Gasteiger partial charge in [0.05, 0.1) is 18.2 Å². The number of hydrogen-bond donors (Lipinski definition) is 3. The molecule has 1 aromatic carbocycles. The second kappa shape index (κ2) is 13.8. The molecule has 0 aliphatic carbocycles. The Bertz CT molecular complexity index is 1110. The number of amides is 1. The summed E-state index contributed by atoms with van der Waals surface area (Å²) in [6, 6.07) is 10.9. The zero-order valence-electron chi connectivity index (χ0n) is 20.9. The molecule has 0 aliphatic heterocycles. The van der Waals surface area contributed by atoms with Crippen molar-refractivity contribution in [1.82, 2.24) is 14.5 Å². The predicted molar refractivity (Wildman–Crippen MR) is 140 cm³/mol. The number of aromatic amines is 1. The Kier molecular flexibility index (Phi) is 10.6. The third kappa shape index (κ3) is 7.45. The normalized spacial score (nSPS) is 11.9. The third-order valence-electron chi connectivity index (χ3n) is 6.08. The largest absolute Gasteiger partial charge is 0.460 e. The monoisotopic (exact) mass is 514 g/mol. The van der Waals surface area contributed by atoms with Crippen LogP contribution in [0.25, 0.3) is 0 Å². The van der Waals surface area contributed by atoms with Gasteiger partial charge in [-0.15, -0.1) is 0 Å². The van der Waals surface area contributed by atoms with Gasteiger partial charge in [0.1, 0.15) is 18.1 Å².